The number of aryl methyl sites for hydroxylation is 2. The van der Waals surface area contributed by atoms with E-state index in [2.05, 4.69) is 27.8 Å². The predicted molar refractivity (Wildman–Crippen MR) is 106 cm³/mol. The van der Waals surface area contributed by atoms with Gasteiger partial charge >= 0.3 is 0 Å². The molecule has 0 fully saturated rings. The largest absolute Gasteiger partial charge is 0.327 e. The summed E-state index contributed by atoms with van der Waals surface area (Å²) < 4.78 is 2.10. The van der Waals surface area contributed by atoms with Crippen molar-refractivity contribution in [3.05, 3.63) is 81.6 Å². The number of imidazole rings is 1. The molecule has 4 nitrogen and oxygen atoms in total. The van der Waals surface area contributed by atoms with E-state index in [9.17, 15) is 0 Å². The number of para-hydroxylation sites is 2. The fraction of sp³-hybridized carbons (Fsp3) is 0.0952. The second-order valence-electron chi connectivity index (χ2n) is 6.07. The Kier molecular flexibility index (Phi) is 4.11. The van der Waals surface area contributed by atoms with E-state index in [1.165, 1.54) is 0 Å². The highest BCUT2D eigenvalue weighted by atomic mass is 32.1. The van der Waals surface area contributed by atoms with Crippen molar-refractivity contribution in [2.24, 2.45) is 7.05 Å². The van der Waals surface area contributed by atoms with Crippen LogP contribution in [0.15, 0.2) is 53.9 Å². The summed E-state index contributed by atoms with van der Waals surface area (Å²) in [6.45, 7) is 1.99. The quantitative estimate of drug-likeness (QED) is 0.530. The molecule has 0 aliphatic rings. The minimum atomic E-state index is 0.650. The molecule has 126 valence electrons. The topological polar surface area (TPSA) is 54.5 Å². The van der Waals surface area contributed by atoms with Gasteiger partial charge in [0.1, 0.15) is 10.8 Å². The van der Waals surface area contributed by atoms with E-state index in [0.29, 0.717) is 5.56 Å². The Hall–Kier alpha value is -3.23. The fourth-order valence-electron chi connectivity index (χ4n) is 2.91. The molecule has 2 heterocycles. The van der Waals surface area contributed by atoms with Gasteiger partial charge in [0.25, 0.3) is 0 Å². The Morgan fingerprint density at radius 1 is 1.12 bits per heavy atom. The van der Waals surface area contributed by atoms with Gasteiger partial charge in [0, 0.05) is 18.1 Å². The molecule has 5 heteroatoms. The maximum atomic E-state index is 9.00. The van der Waals surface area contributed by atoms with Crippen LogP contribution < -0.4 is 0 Å². The van der Waals surface area contributed by atoms with Crippen LogP contribution in [0.3, 0.4) is 0 Å². The van der Waals surface area contributed by atoms with Crippen molar-refractivity contribution < 1.29 is 0 Å². The molecule has 0 saturated carbocycles. The molecule has 0 spiro atoms. The lowest BCUT2D eigenvalue weighted by atomic mass is 10.1. The lowest BCUT2D eigenvalue weighted by Gasteiger charge is -2.06. The second kappa shape index (κ2) is 6.58. The van der Waals surface area contributed by atoms with Gasteiger partial charge in [-0.25, -0.2) is 9.97 Å². The Morgan fingerprint density at radius 2 is 1.88 bits per heavy atom. The number of nitriles is 1. The summed E-state index contributed by atoms with van der Waals surface area (Å²) in [6.07, 6.45) is 2.08. The van der Waals surface area contributed by atoms with E-state index in [1.807, 2.05) is 61.8 Å². The number of rotatable bonds is 3. The zero-order valence-corrected chi connectivity index (χ0v) is 15.3. The van der Waals surface area contributed by atoms with Crippen molar-refractivity contribution in [3.8, 4) is 6.07 Å². The summed E-state index contributed by atoms with van der Waals surface area (Å²) in [5.74, 6) is 0.880. The molecule has 2 aromatic carbocycles. The molecular formula is C21H16N4S. The van der Waals surface area contributed by atoms with Crippen molar-refractivity contribution in [1.29, 1.82) is 5.26 Å². The first-order chi connectivity index (χ1) is 12.7. The molecule has 0 aliphatic carbocycles. The van der Waals surface area contributed by atoms with Crippen LogP contribution in [-0.2, 0) is 7.05 Å². The Morgan fingerprint density at radius 3 is 2.54 bits per heavy atom. The van der Waals surface area contributed by atoms with Crippen molar-refractivity contribution in [3.63, 3.8) is 0 Å². The first-order valence-electron chi connectivity index (χ1n) is 8.22. The van der Waals surface area contributed by atoms with Gasteiger partial charge < -0.3 is 4.57 Å². The molecule has 0 radical (unpaired) electrons. The Balaban J connectivity index is 1.91. The van der Waals surface area contributed by atoms with Gasteiger partial charge in [-0.1, -0.05) is 24.3 Å². The Bertz CT molecular complexity index is 1160. The number of fused-ring (bicyclic) bond motifs is 1. The van der Waals surface area contributed by atoms with Crippen LogP contribution in [0.5, 0.6) is 0 Å². The van der Waals surface area contributed by atoms with E-state index in [-0.39, 0.29) is 0 Å². The van der Waals surface area contributed by atoms with Crippen LogP contribution in [0, 0.1) is 18.3 Å². The third-order valence-corrected chi connectivity index (χ3v) is 5.22. The molecule has 0 N–H and O–H groups in total. The first-order valence-corrected chi connectivity index (χ1v) is 9.10. The molecule has 0 unspecified atom stereocenters. The smallest absolute Gasteiger partial charge is 0.143 e. The number of benzene rings is 2. The maximum absolute atomic E-state index is 9.00. The van der Waals surface area contributed by atoms with Gasteiger partial charge in [-0.15, -0.1) is 11.3 Å². The van der Waals surface area contributed by atoms with Crippen LogP contribution in [0.4, 0.5) is 0 Å². The highest BCUT2D eigenvalue weighted by molar-refractivity contribution is 7.11. The number of thiazole rings is 1. The van der Waals surface area contributed by atoms with Crippen molar-refractivity contribution >= 4 is 34.0 Å². The normalized spacial score (nSPS) is 11.7. The maximum Gasteiger partial charge on any atom is 0.143 e. The molecule has 4 aromatic rings. The van der Waals surface area contributed by atoms with Crippen LogP contribution in [0.2, 0.25) is 0 Å². The minimum absolute atomic E-state index is 0.650. The fourth-order valence-corrected chi connectivity index (χ4v) is 3.72. The number of nitrogens with zero attached hydrogens (tertiary/aromatic N) is 4. The zero-order chi connectivity index (χ0) is 18.1. The van der Waals surface area contributed by atoms with Gasteiger partial charge in [0.05, 0.1) is 28.2 Å². The van der Waals surface area contributed by atoms with E-state index in [4.69, 9.17) is 10.2 Å². The Labute approximate surface area is 155 Å². The average Bonchev–Trinajstić information content (AvgIpc) is 3.24. The van der Waals surface area contributed by atoms with Gasteiger partial charge in [-0.3, -0.25) is 0 Å². The molecule has 0 saturated heterocycles. The van der Waals surface area contributed by atoms with Crippen molar-refractivity contribution in [1.82, 2.24) is 14.5 Å². The summed E-state index contributed by atoms with van der Waals surface area (Å²) in [5.41, 5.74) is 5.68. The molecular weight excluding hydrogens is 340 g/mol. The van der Waals surface area contributed by atoms with Gasteiger partial charge in [-0.05, 0) is 42.8 Å². The summed E-state index contributed by atoms with van der Waals surface area (Å²) in [5, 5.41) is 12.0. The van der Waals surface area contributed by atoms with E-state index < -0.39 is 0 Å². The zero-order valence-electron chi connectivity index (χ0n) is 14.5. The highest BCUT2D eigenvalue weighted by Crippen LogP contribution is 2.30. The molecule has 2 aromatic heterocycles. The number of hydrogen-bond acceptors (Lipinski definition) is 4. The SMILES string of the molecule is Cc1csc(C(=Cc2ccc(C#N)cc2)c2nc3ccccc3n2C)n1. The molecule has 26 heavy (non-hydrogen) atoms. The second-order valence-corrected chi connectivity index (χ2v) is 6.93. The molecule has 0 amide bonds. The third-order valence-electron chi connectivity index (χ3n) is 4.23. The average molecular weight is 356 g/mol. The van der Waals surface area contributed by atoms with Gasteiger partial charge in [0.15, 0.2) is 0 Å². The summed E-state index contributed by atoms with van der Waals surface area (Å²) in [6, 6.07) is 17.8. The minimum Gasteiger partial charge on any atom is -0.327 e. The van der Waals surface area contributed by atoms with E-state index >= 15 is 0 Å². The van der Waals surface area contributed by atoms with Crippen LogP contribution >= 0.6 is 11.3 Å². The summed E-state index contributed by atoms with van der Waals surface area (Å²) in [4.78, 5) is 9.51. The lowest BCUT2D eigenvalue weighted by molar-refractivity contribution is 0.922. The molecule has 0 aliphatic heterocycles. The van der Waals surface area contributed by atoms with E-state index in [1.54, 1.807) is 11.3 Å². The van der Waals surface area contributed by atoms with E-state index in [0.717, 1.165) is 38.7 Å². The summed E-state index contributed by atoms with van der Waals surface area (Å²) in [7, 11) is 2.03. The molecule has 4 rings (SSSR count). The van der Waals surface area contributed by atoms with Crippen LogP contribution in [0.1, 0.15) is 27.7 Å². The van der Waals surface area contributed by atoms with Crippen LogP contribution in [0.25, 0.3) is 22.7 Å². The summed E-state index contributed by atoms with van der Waals surface area (Å²) >= 11 is 1.61. The monoisotopic (exact) mass is 356 g/mol. The van der Waals surface area contributed by atoms with Gasteiger partial charge in [-0.2, -0.15) is 5.26 Å². The van der Waals surface area contributed by atoms with Crippen molar-refractivity contribution in [2.45, 2.75) is 6.92 Å². The van der Waals surface area contributed by atoms with Gasteiger partial charge in [0.2, 0.25) is 0 Å². The first kappa shape index (κ1) is 16.2. The number of hydrogen-bond donors (Lipinski definition) is 0. The number of aromatic nitrogens is 3. The standard InChI is InChI=1S/C21H16N4S/c1-14-13-26-21(23-14)17(11-15-7-9-16(12-22)10-8-15)20-24-18-5-3-4-6-19(18)25(20)2/h3-11,13H,1-2H3. The third kappa shape index (κ3) is 2.92. The lowest BCUT2D eigenvalue weighted by Crippen LogP contribution is -1.99. The molecule has 0 bridgehead atoms. The van der Waals surface area contributed by atoms with Crippen LogP contribution in [-0.4, -0.2) is 14.5 Å². The van der Waals surface area contributed by atoms with Crippen molar-refractivity contribution in [2.75, 3.05) is 0 Å². The molecule has 0 atom stereocenters. The predicted octanol–water partition coefficient (Wildman–Crippen LogP) is 4.80. The highest BCUT2D eigenvalue weighted by Gasteiger charge is 2.16.